The lowest BCUT2D eigenvalue weighted by atomic mass is 10.2. The van der Waals surface area contributed by atoms with E-state index in [0.717, 1.165) is 31.0 Å². The second-order valence-electron chi connectivity index (χ2n) is 4.75. The number of aryl methyl sites for hydroxylation is 2. The standard InChI is InChI=1S/C15H17N3/c1-11-13-8-5-9-14(13)18-15(17-11)16-10-12-6-3-2-4-7-12/h2-4,6-7H,5,8-10H2,1H3,(H,16,17,18). The van der Waals surface area contributed by atoms with E-state index in [4.69, 9.17) is 0 Å². The highest BCUT2D eigenvalue weighted by Crippen LogP contribution is 2.23. The first-order valence-corrected chi connectivity index (χ1v) is 6.47. The molecule has 3 rings (SSSR count). The summed E-state index contributed by atoms with van der Waals surface area (Å²) in [5.41, 5.74) is 4.98. The number of hydrogen-bond donors (Lipinski definition) is 1. The van der Waals surface area contributed by atoms with Crippen molar-refractivity contribution < 1.29 is 0 Å². The number of rotatable bonds is 3. The zero-order chi connectivity index (χ0) is 12.4. The first-order valence-electron chi connectivity index (χ1n) is 6.47. The molecule has 1 aliphatic rings. The van der Waals surface area contributed by atoms with Crippen LogP contribution in [0.5, 0.6) is 0 Å². The third-order valence-corrected chi connectivity index (χ3v) is 3.43. The van der Waals surface area contributed by atoms with E-state index in [-0.39, 0.29) is 0 Å². The summed E-state index contributed by atoms with van der Waals surface area (Å²) in [5.74, 6) is 0.761. The van der Waals surface area contributed by atoms with E-state index < -0.39 is 0 Å². The lowest BCUT2D eigenvalue weighted by molar-refractivity contribution is 0.898. The number of hydrogen-bond acceptors (Lipinski definition) is 3. The van der Waals surface area contributed by atoms with E-state index in [0.29, 0.717) is 0 Å². The Labute approximate surface area is 107 Å². The van der Waals surface area contributed by atoms with Crippen molar-refractivity contribution in [2.75, 3.05) is 5.32 Å². The third-order valence-electron chi connectivity index (χ3n) is 3.43. The maximum absolute atomic E-state index is 4.61. The van der Waals surface area contributed by atoms with Gasteiger partial charge in [0.2, 0.25) is 5.95 Å². The average molecular weight is 239 g/mol. The molecule has 3 heteroatoms. The van der Waals surface area contributed by atoms with Gasteiger partial charge in [-0.05, 0) is 37.3 Å². The van der Waals surface area contributed by atoms with Crippen molar-refractivity contribution in [2.24, 2.45) is 0 Å². The molecule has 3 nitrogen and oxygen atoms in total. The molecule has 0 aliphatic heterocycles. The largest absolute Gasteiger partial charge is 0.350 e. The topological polar surface area (TPSA) is 37.8 Å². The van der Waals surface area contributed by atoms with Crippen molar-refractivity contribution in [1.29, 1.82) is 0 Å². The molecule has 1 aromatic heterocycles. The Hall–Kier alpha value is -1.90. The van der Waals surface area contributed by atoms with Crippen LogP contribution in [-0.2, 0) is 19.4 Å². The Morgan fingerprint density at radius 2 is 1.94 bits per heavy atom. The summed E-state index contributed by atoms with van der Waals surface area (Å²) in [7, 11) is 0. The van der Waals surface area contributed by atoms with E-state index in [9.17, 15) is 0 Å². The lowest BCUT2D eigenvalue weighted by Gasteiger charge is -2.08. The first kappa shape index (κ1) is 11.2. The van der Waals surface area contributed by atoms with Gasteiger partial charge in [-0.1, -0.05) is 30.3 Å². The van der Waals surface area contributed by atoms with E-state index >= 15 is 0 Å². The van der Waals surface area contributed by atoms with Crippen molar-refractivity contribution >= 4 is 5.95 Å². The lowest BCUT2D eigenvalue weighted by Crippen LogP contribution is -2.07. The molecule has 0 spiro atoms. The zero-order valence-corrected chi connectivity index (χ0v) is 10.6. The Morgan fingerprint density at radius 3 is 2.78 bits per heavy atom. The number of nitrogens with zero attached hydrogens (tertiary/aromatic N) is 2. The van der Waals surface area contributed by atoms with Crippen LogP contribution < -0.4 is 5.32 Å². The highest BCUT2D eigenvalue weighted by Gasteiger charge is 2.16. The van der Waals surface area contributed by atoms with Crippen LogP contribution in [0.25, 0.3) is 0 Å². The highest BCUT2D eigenvalue weighted by atomic mass is 15.1. The van der Waals surface area contributed by atoms with Crippen LogP contribution in [0.2, 0.25) is 0 Å². The number of aromatic nitrogens is 2. The van der Waals surface area contributed by atoms with Crippen LogP contribution in [0, 0.1) is 6.92 Å². The van der Waals surface area contributed by atoms with Crippen molar-refractivity contribution in [3.05, 3.63) is 52.8 Å². The van der Waals surface area contributed by atoms with Crippen molar-refractivity contribution in [3.8, 4) is 0 Å². The van der Waals surface area contributed by atoms with Crippen LogP contribution in [0.1, 0.15) is 28.9 Å². The van der Waals surface area contributed by atoms with Crippen LogP contribution in [-0.4, -0.2) is 9.97 Å². The van der Waals surface area contributed by atoms with Gasteiger partial charge < -0.3 is 5.32 Å². The number of nitrogens with one attached hydrogen (secondary N) is 1. The van der Waals surface area contributed by atoms with Gasteiger partial charge in [-0.2, -0.15) is 0 Å². The molecule has 0 amide bonds. The number of fused-ring (bicyclic) bond motifs is 1. The summed E-state index contributed by atoms with van der Waals surface area (Å²) in [4.78, 5) is 9.14. The monoisotopic (exact) mass is 239 g/mol. The summed E-state index contributed by atoms with van der Waals surface area (Å²) in [5, 5.41) is 3.31. The molecule has 18 heavy (non-hydrogen) atoms. The van der Waals surface area contributed by atoms with Crippen molar-refractivity contribution in [1.82, 2.24) is 9.97 Å². The molecule has 1 aliphatic carbocycles. The van der Waals surface area contributed by atoms with Gasteiger partial charge in [-0.3, -0.25) is 0 Å². The molecule has 0 atom stereocenters. The fourth-order valence-corrected chi connectivity index (χ4v) is 2.48. The molecule has 0 saturated carbocycles. The Bertz CT molecular complexity index is 549. The van der Waals surface area contributed by atoms with Gasteiger partial charge >= 0.3 is 0 Å². The predicted molar refractivity (Wildman–Crippen MR) is 72.6 cm³/mol. The fourth-order valence-electron chi connectivity index (χ4n) is 2.48. The molecule has 1 aromatic carbocycles. The summed E-state index contributed by atoms with van der Waals surface area (Å²) in [6, 6.07) is 10.3. The third kappa shape index (κ3) is 2.21. The molecule has 2 aromatic rings. The molecule has 0 radical (unpaired) electrons. The van der Waals surface area contributed by atoms with Gasteiger partial charge in [0.05, 0.1) is 0 Å². The average Bonchev–Trinajstić information content (AvgIpc) is 2.86. The maximum Gasteiger partial charge on any atom is 0.223 e. The van der Waals surface area contributed by atoms with Crippen LogP contribution in [0.4, 0.5) is 5.95 Å². The van der Waals surface area contributed by atoms with Gasteiger partial charge in [0.25, 0.3) is 0 Å². The molecule has 1 N–H and O–H groups in total. The van der Waals surface area contributed by atoms with Gasteiger partial charge in [0.1, 0.15) is 0 Å². The quantitative estimate of drug-likeness (QED) is 0.895. The van der Waals surface area contributed by atoms with Crippen LogP contribution >= 0.6 is 0 Å². The Balaban J connectivity index is 1.76. The van der Waals surface area contributed by atoms with Crippen molar-refractivity contribution in [2.45, 2.75) is 32.7 Å². The van der Waals surface area contributed by atoms with E-state index in [1.54, 1.807) is 0 Å². The maximum atomic E-state index is 4.61. The van der Waals surface area contributed by atoms with Gasteiger partial charge in [0.15, 0.2) is 0 Å². The fraction of sp³-hybridized carbons (Fsp3) is 0.333. The number of benzene rings is 1. The summed E-state index contributed by atoms with van der Waals surface area (Å²) >= 11 is 0. The van der Waals surface area contributed by atoms with E-state index in [1.807, 2.05) is 18.2 Å². The van der Waals surface area contributed by atoms with Gasteiger partial charge in [-0.15, -0.1) is 0 Å². The SMILES string of the molecule is Cc1nc(NCc2ccccc2)nc2c1CCC2. The van der Waals surface area contributed by atoms with Crippen molar-refractivity contribution in [3.63, 3.8) is 0 Å². The smallest absolute Gasteiger partial charge is 0.223 e. The molecule has 0 unspecified atom stereocenters. The second-order valence-corrected chi connectivity index (χ2v) is 4.75. The molecule has 0 saturated heterocycles. The summed E-state index contributed by atoms with van der Waals surface area (Å²) in [6.45, 7) is 2.86. The molecular formula is C15H17N3. The van der Waals surface area contributed by atoms with Gasteiger partial charge in [0, 0.05) is 17.9 Å². The zero-order valence-electron chi connectivity index (χ0n) is 10.6. The molecule has 92 valence electrons. The first-order chi connectivity index (χ1) is 8.83. The van der Waals surface area contributed by atoms with E-state index in [1.165, 1.54) is 23.2 Å². The number of anilines is 1. The summed E-state index contributed by atoms with van der Waals surface area (Å²) < 4.78 is 0. The highest BCUT2D eigenvalue weighted by molar-refractivity contribution is 5.37. The Morgan fingerprint density at radius 1 is 1.11 bits per heavy atom. The molecular weight excluding hydrogens is 222 g/mol. The van der Waals surface area contributed by atoms with Crippen LogP contribution in [0.3, 0.4) is 0 Å². The normalized spacial score (nSPS) is 13.4. The van der Waals surface area contributed by atoms with Crippen LogP contribution in [0.15, 0.2) is 30.3 Å². The second kappa shape index (κ2) is 4.77. The minimum atomic E-state index is 0.761. The molecule has 0 fully saturated rings. The minimum Gasteiger partial charge on any atom is -0.350 e. The van der Waals surface area contributed by atoms with E-state index in [2.05, 4.69) is 34.3 Å². The molecule has 0 bridgehead atoms. The van der Waals surface area contributed by atoms with Gasteiger partial charge in [-0.25, -0.2) is 9.97 Å². The predicted octanol–water partition coefficient (Wildman–Crippen LogP) is 2.89. The summed E-state index contributed by atoms with van der Waals surface area (Å²) in [6.07, 6.45) is 3.45. The molecule has 1 heterocycles. The minimum absolute atomic E-state index is 0.761. The Kier molecular flexibility index (Phi) is 2.97.